The lowest BCUT2D eigenvalue weighted by Gasteiger charge is -2.22. The molecule has 0 saturated heterocycles. The maximum absolute atomic E-state index is 13.8. The minimum atomic E-state index is -0.235. The van der Waals surface area contributed by atoms with Gasteiger partial charge in [-0.25, -0.2) is 13.8 Å². The van der Waals surface area contributed by atoms with Gasteiger partial charge in [-0.2, -0.15) is 0 Å². The van der Waals surface area contributed by atoms with Crippen molar-refractivity contribution in [2.45, 2.75) is 26.1 Å². The Labute approximate surface area is 169 Å². The SMILES string of the molecule is Cn1cc(CN(CCCn2ccnc2)Cc2cccc(F)c2)c2cc(F)ccc21. The molecule has 0 fully saturated rings. The average molecular weight is 394 g/mol. The molecule has 2 aromatic carbocycles. The summed E-state index contributed by atoms with van der Waals surface area (Å²) in [6.07, 6.45) is 8.52. The van der Waals surface area contributed by atoms with Crippen molar-refractivity contribution in [2.75, 3.05) is 6.54 Å². The second-order valence-electron chi connectivity index (χ2n) is 7.42. The van der Waals surface area contributed by atoms with Gasteiger partial charge in [-0.15, -0.1) is 0 Å². The molecule has 0 unspecified atom stereocenters. The van der Waals surface area contributed by atoms with E-state index in [2.05, 4.69) is 16.1 Å². The van der Waals surface area contributed by atoms with Crippen molar-refractivity contribution < 1.29 is 8.78 Å². The molecular formula is C23H24F2N4. The Morgan fingerprint density at radius 3 is 2.69 bits per heavy atom. The molecule has 0 aliphatic heterocycles. The van der Waals surface area contributed by atoms with Crippen LogP contribution in [0.4, 0.5) is 8.78 Å². The molecule has 2 aromatic heterocycles. The summed E-state index contributed by atoms with van der Waals surface area (Å²) in [5, 5.41) is 0.923. The summed E-state index contributed by atoms with van der Waals surface area (Å²) < 4.78 is 31.6. The summed E-state index contributed by atoms with van der Waals surface area (Å²) >= 11 is 0. The Balaban J connectivity index is 1.54. The number of fused-ring (bicyclic) bond motifs is 1. The molecule has 0 N–H and O–H groups in total. The standard InChI is InChI=1S/C23H24F2N4/c1-27-15-19(22-13-21(25)6-7-23(22)27)16-29(10-3-9-28-11-8-26-17-28)14-18-4-2-5-20(24)12-18/h2,4-8,11-13,15,17H,3,9-10,14,16H2,1H3. The van der Waals surface area contributed by atoms with Crippen LogP contribution in [0.3, 0.4) is 0 Å². The minimum Gasteiger partial charge on any atom is -0.350 e. The summed E-state index contributed by atoms with van der Waals surface area (Å²) in [7, 11) is 1.97. The highest BCUT2D eigenvalue weighted by Crippen LogP contribution is 2.24. The number of benzene rings is 2. The minimum absolute atomic E-state index is 0.229. The van der Waals surface area contributed by atoms with Gasteiger partial charge in [-0.1, -0.05) is 12.1 Å². The topological polar surface area (TPSA) is 26.0 Å². The summed E-state index contributed by atoms with van der Waals surface area (Å²) in [5.41, 5.74) is 3.01. The maximum atomic E-state index is 13.8. The third-order valence-electron chi connectivity index (χ3n) is 5.17. The van der Waals surface area contributed by atoms with E-state index in [1.807, 2.05) is 40.8 Å². The smallest absolute Gasteiger partial charge is 0.123 e. The van der Waals surface area contributed by atoms with Crippen LogP contribution in [-0.2, 0) is 26.7 Å². The Bertz CT molecular complexity index is 1090. The van der Waals surface area contributed by atoms with Gasteiger partial charge < -0.3 is 9.13 Å². The molecule has 0 aliphatic carbocycles. The number of aryl methyl sites for hydroxylation is 2. The lowest BCUT2D eigenvalue weighted by Crippen LogP contribution is -2.25. The Morgan fingerprint density at radius 2 is 1.90 bits per heavy atom. The number of nitrogens with zero attached hydrogens (tertiary/aromatic N) is 4. The molecular weight excluding hydrogens is 370 g/mol. The summed E-state index contributed by atoms with van der Waals surface area (Å²) in [6.45, 7) is 3.00. The Kier molecular flexibility index (Phi) is 5.71. The van der Waals surface area contributed by atoms with Crippen molar-refractivity contribution in [3.05, 3.63) is 90.1 Å². The van der Waals surface area contributed by atoms with E-state index >= 15 is 0 Å². The van der Waals surface area contributed by atoms with E-state index in [9.17, 15) is 8.78 Å². The molecule has 0 bridgehead atoms. The van der Waals surface area contributed by atoms with Crippen LogP contribution >= 0.6 is 0 Å². The van der Waals surface area contributed by atoms with Crippen molar-refractivity contribution in [1.29, 1.82) is 0 Å². The Hall–Kier alpha value is -2.99. The predicted molar refractivity (Wildman–Crippen MR) is 110 cm³/mol. The molecule has 4 rings (SSSR count). The zero-order valence-corrected chi connectivity index (χ0v) is 16.4. The average Bonchev–Trinajstić information content (AvgIpc) is 3.30. The van der Waals surface area contributed by atoms with Gasteiger partial charge in [0.25, 0.3) is 0 Å². The third-order valence-corrected chi connectivity index (χ3v) is 5.17. The molecule has 0 radical (unpaired) electrons. The molecule has 6 heteroatoms. The second-order valence-corrected chi connectivity index (χ2v) is 7.42. The van der Waals surface area contributed by atoms with Gasteiger partial charge >= 0.3 is 0 Å². The third kappa shape index (κ3) is 4.71. The van der Waals surface area contributed by atoms with Gasteiger partial charge in [0.05, 0.1) is 6.33 Å². The highest BCUT2D eigenvalue weighted by atomic mass is 19.1. The number of imidazole rings is 1. The van der Waals surface area contributed by atoms with Crippen LogP contribution in [0.1, 0.15) is 17.5 Å². The van der Waals surface area contributed by atoms with Gasteiger partial charge in [0, 0.05) is 62.7 Å². The molecule has 4 nitrogen and oxygen atoms in total. The Morgan fingerprint density at radius 1 is 1.03 bits per heavy atom. The van der Waals surface area contributed by atoms with Crippen LogP contribution in [0.5, 0.6) is 0 Å². The van der Waals surface area contributed by atoms with E-state index < -0.39 is 0 Å². The molecule has 4 aromatic rings. The first-order valence-corrected chi connectivity index (χ1v) is 9.74. The predicted octanol–water partition coefficient (Wildman–Crippen LogP) is 4.75. The van der Waals surface area contributed by atoms with Gasteiger partial charge in [0.1, 0.15) is 11.6 Å². The quantitative estimate of drug-likeness (QED) is 0.431. The maximum Gasteiger partial charge on any atom is 0.123 e. The second kappa shape index (κ2) is 8.57. The normalized spacial score (nSPS) is 11.6. The highest BCUT2D eigenvalue weighted by Gasteiger charge is 2.13. The van der Waals surface area contributed by atoms with E-state index in [1.54, 1.807) is 24.4 Å². The van der Waals surface area contributed by atoms with Crippen LogP contribution in [0.25, 0.3) is 10.9 Å². The van der Waals surface area contributed by atoms with Gasteiger partial charge in [-0.05, 0) is 47.9 Å². The monoisotopic (exact) mass is 394 g/mol. The molecule has 0 spiro atoms. The number of aromatic nitrogens is 3. The molecule has 0 saturated carbocycles. The largest absolute Gasteiger partial charge is 0.350 e. The van der Waals surface area contributed by atoms with Crippen LogP contribution in [0.15, 0.2) is 67.4 Å². The van der Waals surface area contributed by atoms with Crippen LogP contribution in [0, 0.1) is 11.6 Å². The van der Waals surface area contributed by atoms with E-state index in [1.165, 1.54) is 12.1 Å². The fraction of sp³-hybridized carbons (Fsp3) is 0.261. The lowest BCUT2D eigenvalue weighted by atomic mass is 10.1. The van der Waals surface area contributed by atoms with Crippen molar-refractivity contribution in [1.82, 2.24) is 19.0 Å². The van der Waals surface area contributed by atoms with E-state index in [4.69, 9.17) is 0 Å². The van der Waals surface area contributed by atoms with Crippen molar-refractivity contribution >= 4 is 10.9 Å². The number of rotatable bonds is 8. The number of hydrogen-bond acceptors (Lipinski definition) is 2. The first kappa shape index (κ1) is 19.3. The molecule has 150 valence electrons. The number of halogens is 2. The van der Waals surface area contributed by atoms with E-state index in [0.29, 0.717) is 13.1 Å². The van der Waals surface area contributed by atoms with Gasteiger partial charge in [-0.3, -0.25) is 4.90 Å². The zero-order chi connectivity index (χ0) is 20.2. The van der Waals surface area contributed by atoms with Crippen molar-refractivity contribution in [2.24, 2.45) is 7.05 Å². The summed E-state index contributed by atoms with van der Waals surface area (Å²) in [4.78, 5) is 6.36. The first-order chi connectivity index (χ1) is 14.1. The van der Waals surface area contributed by atoms with E-state index in [-0.39, 0.29) is 11.6 Å². The fourth-order valence-electron chi connectivity index (χ4n) is 3.82. The van der Waals surface area contributed by atoms with E-state index in [0.717, 1.165) is 41.5 Å². The highest BCUT2D eigenvalue weighted by molar-refractivity contribution is 5.84. The van der Waals surface area contributed by atoms with Crippen molar-refractivity contribution in [3.63, 3.8) is 0 Å². The molecule has 29 heavy (non-hydrogen) atoms. The van der Waals surface area contributed by atoms with Crippen LogP contribution in [-0.4, -0.2) is 25.6 Å². The first-order valence-electron chi connectivity index (χ1n) is 9.74. The van der Waals surface area contributed by atoms with Gasteiger partial charge in [0.2, 0.25) is 0 Å². The molecule has 2 heterocycles. The molecule has 0 amide bonds. The van der Waals surface area contributed by atoms with Crippen LogP contribution < -0.4 is 0 Å². The van der Waals surface area contributed by atoms with Gasteiger partial charge in [0.15, 0.2) is 0 Å². The summed E-state index contributed by atoms with van der Waals surface area (Å²) in [5.74, 6) is -0.463. The lowest BCUT2D eigenvalue weighted by molar-refractivity contribution is 0.249. The fourth-order valence-corrected chi connectivity index (χ4v) is 3.82. The summed E-state index contributed by atoms with van der Waals surface area (Å²) in [6, 6.07) is 11.6. The zero-order valence-electron chi connectivity index (χ0n) is 16.4. The molecule has 0 aliphatic rings. The van der Waals surface area contributed by atoms with Crippen LogP contribution in [0.2, 0.25) is 0 Å². The number of hydrogen-bond donors (Lipinski definition) is 0. The molecule has 0 atom stereocenters. The van der Waals surface area contributed by atoms with Crippen molar-refractivity contribution in [3.8, 4) is 0 Å².